The zero-order valence-electron chi connectivity index (χ0n) is 20.1. The van der Waals surface area contributed by atoms with Crippen molar-refractivity contribution in [3.05, 3.63) is 41.5 Å². The van der Waals surface area contributed by atoms with E-state index >= 15 is 0 Å². The second kappa shape index (κ2) is 7.15. The molecule has 7 fully saturated rings. The average molecular weight is 475 g/mol. The van der Waals surface area contributed by atoms with Gasteiger partial charge in [0.05, 0.1) is 11.6 Å². The number of benzene rings is 1. The average Bonchev–Trinajstić information content (AvgIpc) is 3.57. The molecule has 6 nitrogen and oxygen atoms in total. The third kappa shape index (κ3) is 3.43. The van der Waals surface area contributed by atoms with Crippen LogP contribution in [0.3, 0.4) is 0 Å². The molecule has 9 rings (SSSR count). The normalized spacial score (nSPS) is 36.7. The molecule has 0 saturated heterocycles. The van der Waals surface area contributed by atoms with Crippen LogP contribution >= 0.6 is 0 Å². The summed E-state index contributed by atoms with van der Waals surface area (Å²) in [6.07, 6.45) is 10.4. The fourth-order valence-electron chi connectivity index (χ4n) is 7.65. The zero-order valence-corrected chi connectivity index (χ0v) is 20.1. The number of fused-ring (bicyclic) bond motifs is 3. The number of aromatic nitrogens is 2. The van der Waals surface area contributed by atoms with Gasteiger partial charge in [0.25, 0.3) is 0 Å². The molecular formula is C28H31FN4O2. The largest absolute Gasteiger partial charge is 0.339 e. The summed E-state index contributed by atoms with van der Waals surface area (Å²) in [5.41, 5.74) is 0.242. The number of carbonyl (C=O) groups is 1. The Hall–Kier alpha value is -2.75. The lowest BCUT2D eigenvalue weighted by atomic mass is 9.41. The summed E-state index contributed by atoms with van der Waals surface area (Å²) in [5, 5.41) is 13.7. The van der Waals surface area contributed by atoms with Crippen LogP contribution in [0.5, 0.6) is 0 Å². The number of hydrogen-bond acceptors (Lipinski definition) is 5. The van der Waals surface area contributed by atoms with E-state index in [2.05, 4.69) is 11.2 Å². The smallest absolute Gasteiger partial charge is 0.232 e. The number of hydrogen-bond donors (Lipinski definition) is 0. The molecule has 1 aromatic heterocycles. The van der Waals surface area contributed by atoms with Crippen molar-refractivity contribution in [1.82, 2.24) is 10.1 Å². The first kappa shape index (κ1) is 21.5. The van der Waals surface area contributed by atoms with Gasteiger partial charge in [0.15, 0.2) is 5.82 Å². The minimum atomic E-state index is -1.01. The Balaban J connectivity index is 1.11. The maximum atomic E-state index is 14.1. The lowest BCUT2D eigenvalue weighted by Crippen LogP contribution is -2.65. The number of nitrogens with zero attached hydrogens (tertiary/aromatic N) is 4. The Morgan fingerprint density at radius 3 is 2.46 bits per heavy atom. The van der Waals surface area contributed by atoms with E-state index in [-0.39, 0.29) is 22.2 Å². The standard InChI is InChI=1S/C28H31FN4O2/c29-28-15-26(16-28,17-28)13-22(34)33(21-3-1-2-19(12-21)14-30)18-25-6-9-27(10-7-25,11-8-25)24-31-23(32-35-24)20-4-5-20/h1-3,12,20H,4-11,13,15-18H2. The molecule has 2 aromatic rings. The van der Waals surface area contributed by atoms with Gasteiger partial charge in [0.1, 0.15) is 5.67 Å². The zero-order chi connectivity index (χ0) is 23.9. The Kier molecular flexibility index (Phi) is 4.40. The maximum absolute atomic E-state index is 14.1. The van der Waals surface area contributed by atoms with Gasteiger partial charge in [-0.3, -0.25) is 4.79 Å². The first-order valence-electron chi connectivity index (χ1n) is 13.2. The SMILES string of the molecule is N#Cc1cccc(N(CC23CCC(c4nc(C5CC5)no4)(CC2)CC3)C(=O)CC23CC(F)(C2)C3)c1. The summed E-state index contributed by atoms with van der Waals surface area (Å²) in [4.78, 5) is 20.4. The third-order valence-electron chi connectivity index (χ3n) is 9.92. The first-order valence-corrected chi connectivity index (χ1v) is 13.2. The molecule has 1 amide bonds. The van der Waals surface area contributed by atoms with Crippen LogP contribution in [0.15, 0.2) is 28.8 Å². The molecule has 7 saturated carbocycles. The fourth-order valence-corrected chi connectivity index (χ4v) is 7.65. The molecule has 0 spiro atoms. The minimum absolute atomic E-state index is 0.0151. The number of anilines is 1. The van der Waals surface area contributed by atoms with Gasteiger partial charge >= 0.3 is 0 Å². The van der Waals surface area contributed by atoms with E-state index < -0.39 is 5.67 Å². The molecule has 0 radical (unpaired) electrons. The van der Waals surface area contributed by atoms with E-state index in [0.717, 1.165) is 55.9 Å². The van der Waals surface area contributed by atoms with E-state index in [9.17, 15) is 14.4 Å². The summed E-state index contributed by atoms with van der Waals surface area (Å²) in [6, 6.07) is 9.58. The third-order valence-corrected chi connectivity index (χ3v) is 9.92. The molecule has 7 heteroatoms. The van der Waals surface area contributed by atoms with E-state index in [1.807, 2.05) is 23.1 Å². The molecule has 0 atom stereocenters. The lowest BCUT2D eigenvalue weighted by Gasteiger charge is -2.66. The Morgan fingerprint density at radius 2 is 1.83 bits per heavy atom. The summed E-state index contributed by atoms with van der Waals surface area (Å²) in [7, 11) is 0. The Bertz CT molecular complexity index is 1200. The molecule has 4 bridgehead atoms. The van der Waals surface area contributed by atoms with Crippen molar-refractivity contribution in [1.29, 1.82) is 5.26 Å². The van der Waals surface area contributed by atoms with Crippen molar-refractivity contribution in [3.63, 3.8) is 0 Å². The van der Waals surface area contributed by atoms with Crippen molar-refractivity contribution in [2.24, 2.45) is 10.8 Å². The molecule has 0 N–H and O–H groups in total. The molecule has 182 valence electrons. The van der Waals surface area contributed by atoms with Gasteiger partial charge in [-0.25, -0.2) is 4.39 Å². The van der Waals surface area contributed by atoms with Gasteiger partial charge in [-0.2, -0.15) is 10.2 Å². The molecule has 7 aliphatic carbocycles. The van der Waals surface area contributed by atoms with E-state index in [1.165, 1.54) is 12.8 Å². The van der Waals surface area contributed by atoms with Gasteiger partial charge in [0, 0.05) is 30.0 Å². The first-order chi connectivity index (χ1) is 16.8. The fraction of sp³-hybridized carbons (Fsp3) is 0.643. The summed E-state index contributed by atoms with van der Waals surface area (Å²) < 4.78 is 19.9. The predicted octanol–water partition coefficient (Wildman–Crippen LogP) is 5.73. The number of carbonyl (C=O) groups excluding carboxylic acids is 1. The number of halogens is 1. The number of nitriles is 1. The number of alkyl halides is 1. The minimum Gasteiger partial charge on any atom is -0.339 e. The molecule has 7 aliphatic rings. The molecule has 0 aliphatic heterocycles. The van der Waals surface area contributed by atoms with Crippen LogP contribution in [0.4, 0.5) is 10.1 Å². The van der Waals surface area contributed by atoms with Gasteiger partial charge in [-0.1, -0.05) is 11.2 Å². The maximum Gasteiger partial charge on any atom is 0.232 e. The highest BCUT2D eigenvalue weighted by molar-refractivity contribution is 5.94. The second-order valence-electron chi connectivity index (χ2n) is 12.5. The van der Waals surface area contributed by atoms with Crippen molar-refractivity contribution in [3.8, 4) is 6.07 Å². The van der Waals surface area contributed by atoms with Gasteiger partial charge in [-0.05, 0) is 99.7 Å². The van der Waals surface area contributed by atoms with Gasteiger partial charge in [-0.15, -0.1) is 0 Å². The highest BCUT2D eigenvalue weighted by Gasteiger charge is 2.69. The summed E-state index contributed by atoms with van der Waals surface area (Å²) in [6.45, 7) is 0.658. The Labute approximate surface area is 204 Å². The van der Waals surface area contributed by atoms with Crippen molar-refractivity contribution in [2.75, 3.05) is 11.4 Å². The molecular weight excluding hydrogens is 443 g/mol. The van der Waals surface area contributed by atoms with Crippen LogP contribution in [0.1, 0.15) is 100 Å². The van der Waals surface area contributed by atoms with Crippen LogP contribution in [0.25, 0.3) is 0 Å². The topological polar surface area (TPSA) is 83.0 Å². The Morgan fingerprint density at radius 1 is 1.11 bits per heavy atom. The lowest BCUT2D eigenvalue weighted by molar-refractivity contribution is -0.215. The van der Waals surface area contributed by atoms with Crippen LogP contribution in [-0.2, 0) is 10.2 Å². The van der Waals surface area contributed by atoms with Gasteiger partial charge in [0.2, 0.25) is 11.8 Å². The second-order valence-corrected chi connectivity index (χ2v) is 12.5. The molecule has 1 heterocycles. The van der Waals surface area contributed by atoms with Crippen LogP contribution in [0, 0.1) is 22.2 Å². The number of rotatable bonds is 7. The van der Waals surface area contributed by atoms with Crippen molar-refractivity contribution >= 4 is 11.6 Å². The van der Waals surface area contributed by atoms with E-state index in [1.54, 1.807) is 6.07 Å². The highest BCUT2D eigenvalue weighted by atomic mass is 19.1. The predicted molar refractivity (Wildman–Crippen MR) is 126 cm³/mol. The van der Waals surface area contributed by atoms with E-state index in [4.69, 9.17) is 9.51 Å². The summed E-state index contributed by atoms with van der Waals surface area (Å²) >= 11 is 0. The van der Waals surface area contributed by atoms with Crippen LogP contribution < -0.4 is 4.90 Å². The van der Waals surface area contributed by atoms with Crippen LogP contribution in [0.2, 0.25) is 0 Å². The highest BCUT2D eigenvalue weighted by Crippen LogP contribution is 2.71. The summed E-state index contributed by atoms with van der Waals surface area (Å²) in [5.74, 6) is 2.28. The van der Waals surface area contributed by atoms with Crippen molar-refractivity contribution < 1.29 is 13.7 Å². The van der Waals surface area contributed by atoms with Crippen molar-refractivity contribution in [2.45, 2.75) is 94.1 Å². The van der Waals surface area contributed by atoms with Crippen LogP contribution in [-0.4, -0.2) is 28.3 Å². The number of amides is 1. The van der Waals surface area contributed by atoms with E-state index in [0.29, 0.717) is 43.7 Å². The molecule has 0 unspecified atom stereocenters. The molecule has 1 aromatic carbocycles. The molecule has 35 heavy (non-hydrogen) atoms. The quantitative estimate of drug-likeness (QED) is 0.512. The van der Waals surface area contributed by atoms with Gasteiger partial charge < -0.3 is 9.42 Å². The monoisotopic (exact) mass is 474 g/mol.